The fourth-order valence-corrected chi connectivity index (χ4v) is 2.52. The fourth-order valence-electron chi connectivity index (χ4n) is 2.06. The van der Waals surface area contributed by atoms with Gasteiger partial charge in [-0.15, -0.1) is 11.6 Å². The Balaban J connectivity index is 0.00000312. The number of hydrogen-bond acceptors (Lipinski definition) is 4. The molecule has 0 aliphatic rings. The van der Waals surface area contributed by atoms with Crippen molar-refractivity contribution < 1.29 is 52.1 Å². The van der Waals surface area contributed by atoms with E-state index in [-0.39, 0.29) is 54.1 Å². The molecule has 1 amide bonds. The van der Waals surface area contributed by atoms with Gasteiger partial charge in [-0.3, -0.25) is 0 Å². The van der Waals surface area contributed by atoms with E-state index in [1.165, 1.54) is 6.07 Å². The van der Waals surface area contributed by atoms with Gasteiger partial charge >= 0.3 is 5.97 Å². The molecule has 129 valence electrons. The molecule has 1 aromatic heterocycles. The molecular formula is C16H13Cl2N2O4Y-. The largest absolute Gasteiger partial charge is 0.480 e. The number of nitrogens with zero attached hydrogens (tertiary/aromatic N) is 1. The van der Waals surface area contributed by atoms with Gasteiger partial charge in [-0.2, -0.15) is 0 Å². The maximum Gasteiger partial charge on any atom is 0.341 e. The molecule has 1 aromatic carbocycles. The number of amides is 1. The van der Waals surface area contributed by atoms with Gasteiger partial charge in [0, 0.05) is 32.7 Å². The van der Waals surface area contributed by atoms with Gasteiger partial charge in [0.1, 0.15) is 10.8 Å². The van der Waals surface area contributed by atoms with Gasteiger partial charge in [0.05, 0.1) is 5.02 Å². The van der Waals surface area contributed by atoms with Gasteiger partial charge in [0.2, 0.25) is 0 Å². The molecule has 0 saturated heterocycles. The van der Waals surface area contributed by atoms with E-state index < -0.39 is 18.5 Å². The van der Waals surface area contributed by atoms with E-state index in [4.69, 9.17) is 38.8 Å². The first-order valence-electron chi connectivity index (χ1n) is 6.89. The summed E-state index contributed by atoms with van der Waals surface area (Å²) in [5, 5.41) is 8.90. The van der Waals surface area contributed by atoms with Crippen molar-refractivity contribution >= 4 is 35.1 Å². The minimum Gasteiger partial charge on any atom is -0.480 e. The molecule has 0 fully saturated rings. The third-order valence-electron chi connectivity index (χ3n) is 3.21. The van der Waals surface area contributed by atoms with E-state index in [2.05, 4.69) is 11.2 Å². The van der Waals surface area contributed by atoms with Crippen LogP contribution >= 0.6 is 23.2 Å². The van der Waals surface area contributed by atoms with Crippen molar-refractivity contribution in [2.75, 3.05) is 6.61 Å². The summed E-state index contributed by atoms with van der Waals surface area (Å²) in [6, 6.07) is 4.73. The molecule has 9 heteroatoms. The van der Waals surface area contributed by atoms with E-state index in [9.17, 15) is 9.59 Å². The molecule has 0 saturated carbocycles. The Labute approximate surface area is 179 Å². The number of rotatable bonds is 6. The van der Waals surface area contributed by atoms with Crippen LogP contribution in [0.1, 0.15) is 22.8 Å². The van der Waals surface area contributed by atoms with Gasteiger partial charge in [-0.1, -0.05) is 41.8 Å². The molecule has 25 heavy (non-hydrogen) atoms. The number of carboxylic acids is 1. The van der Waals surface area contributed by atoms with Gasteiger partial charge < -0.3 is 25.4 Å². The Bertz CT molecular complexity index is 815. The second kappa shape index (κ2) is 9.48. The zero-order chi connectivity index (χ0) is 17.9. The monoisotopic (exact) mass is 456 g/mol. The van der Waals surface area contributed by atoms with Gasteiger partial charge in [-0.25, -0.2) is 4.79 Å². The van der Waals surface area contributed by atoms with Crippen LogP contribution in [-0.4, -0.2) is 28.6 Å². The molecule has 0 spiro atoms. The molecule has 0 unspecified atom stereocenters. The Kier molecular flexibility index (Phi) is 8.28. The minimum atomic E-state index is -1.13. The van der Waals surface area contributed by atoms with Crippen LogP contribution in [-0.2, 0) is 43.9 Å². The zero-order valence-electron chi connectivity index (χ0n) is 13.2. The number of aliphatic carboxylic acids is 1. The number of carbonyl (C=O) groups excluding carboxylic acids is 1. The second-order valence-electron chi connectivity index (χ2n) is 4.79. The molecule has 0 bridgehead atoms. The van der Waals surface area contributed by atoms with Crippen LogP contribution in [0.15, 0.2) is 18.2 Å². The summed E-state index contributed by atoms with van der Waals surface area (Å²) < 4.78 is 5.07. The van der Waals surface area contributed by atoms with Gasteiger partial charge in [0.25, 0.3) is 0 Å². The quantitative estimate of drug-likeness (QED) is 0.650. The first-order chi connectivity index (χ1) is 11.3. The maximum absolute atomic E-state index is 11.2. The number of primary amides is 1. The molecule has 2 aromatic rings. The standard InChI is InChI=1S/C16H13Cl2N2O4.Y/c1-2-8-5-9(16(19)23)6-20-15(8)10-3-4-11(14(18)13(10)17)24-7-12(21)22;/h3-5H,2,7H2,1H3,(H2,19,23)(H,21,22);/q-1;. The summed E-state index contributed by atoms with van der Waals surface area (Å²) in [6.45, 7) is 1.36. The van der Waals surface area contributed by atoms with Crippen LogP contribution in [0, 0.1) is 6.20 Å². The minimum absolute atomic E-state index is 0. The van der Waals surface area contributed by atoms with Crippen molar-refractivity contribution in [3.05, 3.63) is 45.6 Å². The van der Waals surface area contributed by atoms with Crippen LogP contribution in [0.2, 0.25) is 10.0 Å². The number of pyridine rings is 1. The van der Waals surface area contributed by atoms with E-state index >= 15 is 0 Å². The van der Waals surface area contributed by atoms with E-state index in [0.717, 1.165) is 5.56 Å². The second-order valence-corrected chi connectivity index (χ2v) is 5.55. The number of nitrogens with two attached hydrogens (primary N) is 1. The average Bonchev–Trinajstić information content (AvgIpc) is 2.55. The number of carboxylic acid groups (broad SMARTS) is 1. The van der Waals surface area contributed by atoms with Crippen molar-refractivity contribution in [2.45, 2.75) is 13.3 Å². The third kappa shape index (κ3) is 5.14. The van der Waals surface area contributed by atoms with Crippen molar-refractivity contribution in [3.63, 3.8) is 0 Å². The molecule has 3 N–H and O–H groups in total. The Morgan fingerprint density at radius 2 is 2.00 bits per heavy atom. The topological polar surface area (TPSA) is 103 Å². The molecule has 1 radical (unpaired) electrons. The number of ether oxygens (including phenoxy) is 1. The number of aromatic nitrogens is 1. The van der Waals surface area contributed by atoms with Crippen molar-refractivity contribution in [3.8, 4) is 17.0 Å². The van der Waals surface area contributed by atoms with Crippen LogP contribution < -0.4 is 10.5 Å². The molecule has 0 atom stereocenters. The average molecular weight is 457 g/mol. The number of carbonyl (C=O) groups is 2. The summed E-state index contributed by atoms with van der Waals surface area (Å²) in [4.78, 5) is 26.0. The number of aryl methyl sites for hydroxylation is 1. The number of hydrogen-bond donors (Lipinski definition) is 2. The summed E-state index contributed by atoms with van der Waals surface area (Å²) >= 11 is 12.4. The number of benzene rings is 1. The first kappa shape index (κ1) is 21.8. The Morgan fingerprint density at radius 1 is 1.32 bits per heavy atom. The van der Waals surface area contributed by atoms with Gasteiger partial charge in [-0.05, 0) is 29.9 Å². The predicted octanol–water partition coefficient (Wildman–Crippen LogP) is 2.98. The SMILES string of the molecule is CCc1cc(C(N)=O)[c-]nc1-c1ccc(OCC(=O)O)c(Cl)c1Cl.[Y]. The molecule has 6 nitrogen and oxygen atoms in total. The zero-order valence-corrected chi connectivity index (χ0v) is 17.5. The number of halogens is 2. The van der Waals surface area contributed by atoms with Gasteiger partial charge in [0.15, 0.2) is 12.5 Å². The molecule has 2 rings (SSSR count). The summed E-state index contributed by atoms with van der Waals surface area (Å²) in [5.41, 5.74) is 7.20. The summed E-state index contributed by atoms with van der Waals surface area (Å²) in [6.07, 6.45) is 3.16. The summed E-state index contributed by atoms with van der Waals surface area (Å²) in [5.74, 6) is -1.59. The molecule has 1 heterocycles. The van der Waals surface area contributed by atoms with Crippen LogP contribution in [0.4, 0.5) is 0 Å². The fraction of sp³-hybridized carbons (Fsp3) is 0.188. The normalized spacial score (nSPS) is 10.0. The Morgan fingerprint density at radius 3 is 2.56 bits per heavy atom. The van der Waals surface area contributed by atoms with Crippen LogP contribution in [0.25, 0.3) is 11.3 Å². The van der Waals surface area contributed by atoms with E-state index in [1.807, 2.05) is 6.92 Å². The molecular weight excluding hydrogens is 444 g/mol. The van der Waals surface area contributed by atoms with E-state index in [0.29, 0.717) is 17.7 Å². The van der Waals surface area contributed by atoms with Crippen LogP contribution in [0.3, 0.4) is 0 Å². The third-order valence-corrected chi connectivity index (χ3v) is 4.07. The molecule has 0 aliphatic heterocycles. The maximum atomic E-state index is 11.2. The predicted molar refractivity (Wildman–Crippen MR) is 89.6 cm³/mol. The first-order valence-corrected chi connectivity index (χ1v) is 7.65. The van der Waals surface area contributed by atoms with Crippen LogP contribution in [0.5, 0.6) is 5.75 Å². The van der Waals surface area contributed by atoms with E-state index in [1.54, 1.807) is 12.1 Å². The Hall–Kier alpha value is -1.21. The molecule has 0 aliphatic carbocycles. The van der Waals surface area contributed by atoms with Crippen molar-refractivity contribution in [1.82, 2.24) is 4.98 Å². The summed E-state index contributed by atoms with van der Waals surface area (Å²) in [7, 11) is 0. The van der Waals surface area contributed by atoms with Crippen molar-refractivity contribution in [2.24, 2.45) is 5.73 Å². The smallest absolute Gasteiger partial charge is 0.341 e. The van der Waals surface area contributed by atoms with Crippen molar-refractivity contribution in [1.29, 1.82) is 0 Å².